The Morgan fingerprint density at radius 1 is 1.08 bits per heavy atom. The second kappa shape index (κ2) is 7.21. The third-order valence-corrected chi connectivity index (χ3v) is 4.42. The minimum atomic E-state index is -0.667. The van der Waals surface area contributed by atoms with E-state index < -0.39 is 11.6 Å². The predicted octanol–water partition coefficient (Wildman–Crippen LogP) is 3.13. The van der Waals surface area contributed by atoms with Crippen LogP contribution in [0.3, 0.4) is 0 Å². The number of hydrogen-bond acceptors (Lipinski definition) is 6. The molecule has 2 aliphatic rings. The summed E-state index contributed by atoms with van der Waals surface area (Å²) in [6.07, 6.45) is -0.0710. The Morgan fingerprint density at radius 3 is 2.40 bits per heavy atom. The van der Waals surface area contributed by atoms with Crippen molar-refractivity contribution < 1.29 is 23.7 Å². The van der Waals surface area contributed by atoms with Gasteiger partial charge in [-0.25, -0.2) is 0 Å². The Bertz CT molecular complexity index is 562. The molecular weight excluding hydrogens is 322 g/mol. The Labute approximate surface area is 149 Å². The third kappa shape index (κ3) is 4.71. The van der Waals surface area contributed by atoms with Gasteiger partial charge in [-0.3, -0.25) is 0 Å². The molecule has 2 heterocycles. The van der Waals surface area contributed by atoms with E-state index in [4.69, 9.17) is 23.7 Å². The quantitative estimate of drug-likeness (QED) is 0.795. The van der Waals surface area contributed by atoms with Crippen LogP contribution in [0, 0.1) is 0 Å². The van der Waals surface area contributed by atoms with E-state index in [1.165, 1.54) is 0 Å². The number of nitrogens with one attached hydrogen (secondary N) is 1. The summed E-state index contributed by atoms with van der Waals surface area (Å²) >= 11 is 0. The molecule has 1 N–H and O–H groups in total. The van der Waals surface area contributed by atoms with Crippen LogP contribution in [0.2, 0.25) is 0 Å². The third-order valence-electron chi connectivity index (χ3n) is 4.42. The van der Waals surface area contributed by atoms with E-state index in [0.717, 1.165) is 5.69 Å². The molecular formula is C19H29NO5. The van der Waals surface area contributed by atoms with Gasteiger partial charge in [0.25, 0.3) is 0 Å². The summed E-state index contributed by atoms with van der Waals surface area (Å²) < 4.78 is 29.6. The summed E-state index contributed by atoms with van der Waals surface area (Å²) in [5, 5.41) is 3.38. The first-order valence-corrected chi connectivity index (χ1v) is 8.80. The molecule has 25 heavy (non-hydrogen) atoms. The Morgan fingerprint density at radius 2 is 1.80 bits per heavy atom. The highest BCUT2D eigenvalue weighted by Crippen LogP contribution is 2.36. The topological polar surface area (TPSA) is 58.2 Å². The Kier molecular flexibility index (Phi) is 5.37. The van der Waals surface area contributed by atoms with Crippen LogP contribution in [-0.4, -0.2) is 49.8 Å². The lowest BCUT2D eigenvalue weighted by atomic mass is 10.1. The van der Waals surface area contributed by atoms with Crippen LogP contribution in [0.25, 0.3) is 0 Å². The standard InChI is InChI=1S/C19H29NO5/c1-18(2)22-12-14(23-18)11-15-16(25-19(3,4)24-15)17(21-5)20-13-9-7-6-8-10-13/h6-10,14-17,20H,11-12H2,1-5H3/t14-,15-,16-,17-/m0/s1. The number of benzene rings is 1. The molecule has 0 amide bonds. The van der Waals surface area contributed by atoms with Gasteiger partial charge in [-0.05, 0) is 39.8 Å². The van der Waals surface area contributed by atoms with E-state index >= 15 is 0 Å². The first-order valence-electron chi connectivity index (χ1n) is 8.80. The van der Waals surface area contributed by atoms with E-state index in [1.807, 2.05) is 58.0 Å². The van der Waals surface area contributed by atoms with Gasteiger partial charge in [-0.15, -0.1) is 0 Å². The van der Waals surface area contributed by atoms with Crippen LogP contribution in [0.1, 0.15) is 34.1 Å². The van der Waals surface area contributed by atoms with Gasteiger partial charge in [0.05, 0.1) is 18.8 Å². The molecule has 0 bridgehead atoms. The zero-order valence-corrected chi connectivity index (χ0v) is 15.7. The number of ether oxygens (including phenoxy) is 5. The molecule has 2 fully saturated rings. The SMILES string of the molecule is CO[C@H](Nc1ccccc1)[C@H]1OC(C)(C)O[C@H]1C[C@H]1COC(C)(C)O1. The van der Waals surface area contributed by atoms with Crippen molar-refractivity contribution in [3.8, 4) is 0 Å². The van der Waals surface area contributed by atoms with Crippen molar-refractivity contribution in [2.75, 3.05) is 19.0 Å². The van der Waals surface area contributed by atoms with Crippen molar-refractivity contribution in [3.63, 3.8) is 0 Å². The summed E-state index contributed by atoms with van der Waals surface area (Å²) in [6, 6.07) is 9.94. The van der Waals surface area contributed by atoms with E-state index in [1.54, 1.807) is 7.11 Å². The van der Waals surface area contributed by atoms with Gasteiger partial charge in [0.15, 0.2) is 17.8 Å². The van der Waals surface area contributed by atoms with Crippen molar-refractivity contribution in [3.05, 3.63) is 30.3 Å². The highest BCUT2D eigenvalue weighted by Gasteiger charge is 2.47. The Hall–Kier alpha value is -1.18. The molecule has 0 aromatic heterocycles. The molecule has 6 nitrogen and oxygen atoms in total. The van der Waals surface area contributed by atoms with Crippen molar-refractivity contribution in [2.24, 2.45) is 0 Å². The van der Waals surface area contributed by atoms with Crippen LogP contribution >= 0.6 is 0 Å². The number of rotatable bonds is 6. The van der Waals surface area contributed by atoms with Gasteiger partial charge in [-0.2, -0.15) is 0 Å². The van der Waals surface area contributed by atoms with E-state index in [0.29, 0.717) is 13.0 Å². The monoisotopic (exact) mass is 351 g/mol. The van der Waals surface area contributed by atoms with Gasteiger partial charge in [0.2, 0.25) is 0 Å². The van der Waals surface area contributed by atoms with Crippen LogP contribution in [-0.2, 0) is 23.7 Å². The second-order valence-electron chi connectivity index (χ2n) is 7.49. The van der Waals surface area contributed by atoms with Gasteiger partial charge in [0, 0.05) is 19.2 Å². The smallest absolute Gasteiger partial charge is 0.163 e. The second-order valence-corrected chi connectivity index (χ2v) is 7.49. The molecule has 0 radical (unpaired) electrons. The van der Waals surface area contributed by atoms with E-state index in [-0.39, 0.29) is 24.5 Å². The van der Waals surface area contributed by atoms with Gasteiger partial charge in [-0.1, -0.05) is 18.2 Å². The van der Waals surface area contributed by atoms with Crippen LogP contribution in [0.15, 0.2) is 30.3 Å². The molecule has 2 aliphatic heterocycles. The highest BCUT2D eigenvalue weighted by molar-refractivity contribution is 5.43. The molecule has 3 rings (SSSR count). The lowest BCUT2D eigenvalue weighted by Crippen LogP contribution is -2.43. The normalized spacial score (nSPS) is 31.8. The highest BCUT2D eigenvalue weighted by atomic mass is 16.8. The van der Waals surface area contributed by atoms with Gasteiger partial charge < -0.3 is 29.0 Å². The molecule has 0 spiro atoms. The fourth-order valence-electron chi connectivity index (χ4n) is 3.41. The van der Waals surface area contributed by atoms with E-state index in [9.17, 15) is 0 Å². The molecule has 0 aliphatic carbocycles. The maximum atomic E-state index is 6.14. The maximum Gasteiger partial charge on any atom is 0.163 e. The predicted molar refractivity (Wildman–Crippen MR) is 94.2 cm³/mol. The molecule has 1 aromatic carbocycles. The summed E-state index contributed by atoms with van der Waals surface area (Å²) in [6.45, 7) is 8.25. The molecule has 1 aromatic rings. The molecule has 0 unspecified atom stereocenters. The van der Waals surface area contributed by atoms with Crippen molar-refractivity contribution in [2.45, 2.75) is 70.2 Å². The molecule has 6 heteroatoms. The van der Waals surface area contributed by atoms with Crippen molar-refractivity contribution in [1.82, 2.24) is 0 Å². The number of hydrogen-bond donors (Lipinski definition) is 1. The minimum Gasteiger partial charge on any atom is -0.359 e. The number of anilines is 1. The minimum absolute atomic E-state index is 0.0192. The van der Waals surface area contributed by atoms with Crippen LogP contribution < -0.4 is 5.32 Å². The first kappa shape index (κ1) is 18.6. The van der Waals surface area contributed by atoms with Crippen molar-refractivity contribution >= 4 is 5.69 Å². The maximum absolute atomic E-state index is 6.14. The van der Waals surface area contributed by atoms with Crippen molar-refractivity contribution in [1.29, 1.82) is 0 Å². The van der Waals surface area contributed by atoms with Gasteiger partial charge in [0.1, 0.15) is 6.10 Å². The lowest BCUT2D eigenvalue weighted by molar-refractivity contribution is -0.159. The van der Waals surface area contributed by atoms with Crippen LogP contribution in [0.5, 0.6) is 0 Å². The van der Waals surface area contributed by atoms with Crippen LogP contribution in [0.4, 0.5) is 5.69 Å². The summed E-state index contributed by atoms with van der Waals surface area (Å²) in [5.74, 6) is -1.21. The number of para-hydroxylation sites is 1. The number of methoxy groups -OCH3 is 1. The summed E-state index contributed by atoms with van der Waals surface area (Å²) in [7, 11) is 1.67. The average Bonchev–Trinajstić information content (AvgIpc) is 3.04. The largest absolute Gasteiger partial charge is 0.359 e. The Balaban J connectivity index is 1.69. The fraction of sp³-hybridized carbons (Fsp3) is 0.684. The lowest BCUT2D eigenvalue weighted by Gasteiger charge is -2.28. The zero-order chi connectivity index (χ0) is 18.1. The molecule has 4 atom stereocenters. The summed E-state index contributed by atoms with van der Waals surface area (Å²) in [5.41, 5.74) is 0.975. The first-order chi connectivity index (χ1) is 11.8. The molecule has 140 valence electrons. The summed E-state index contributed by atoms with van der Waals surface area (Å²) in [4.78, 5) is 0. The zero-order valence-electron chi connectivity index (χ0n) is 15.7. The molecule has 2 saturated heterocycles. The van der Waals surface area contributed by atoms with Gasteiger partial charge >= 0.3 is 0 Å². The molecule has 0 saturated carbocycles. The average molecular weight is 351 g/mol. The fourth-order valence-corrected chi connectivity index (χ4v) is 3.41. The van der Waals surface area contributed by atoms with E-state index in [2.05, 4.69) is 5.32 Å².